The Bertz CT molecular complexity index is 370. The maximum absolute atomic E-state index is 10.9. The quantitative estimate of drug-likeness (QED) is 0.780. The van der Waals surface area contributed by atoms with Crippen LogP contribution in [-0.4, -0.2) is 27.5 Å². The van der Waals surface area contributed by atoms with Crippen LogP contribution in [0.2, 0.25) is 0 Å². The zero-order chi connectivity index (χ0) is 10.1. The molecule has 5 heteroatoms. The monoisotopic (exact) mass is 196 g/mol. The molecule has 1 N–H and O–H groups in total. The van der Waals surface area contributed by atoms with E-state index in [0.717, 1.165) is 12.0 Å². The van der Waals surface area contributed by atoms with Gasteiger partial charge >= 0.3 is 5.97 Å². The number of hydrogen-bond acceptors (Lipinski definition) is 3. The summed E-state index contributed by atoms with van der Waals surface area (Å²) in [5.41, 5.74) is 0.874. The van der Waals surface area contributed by atoms with Crippen LogP contribution in [0.3, 0.4) is 0 Å². The van der Waals surface area contributed by atoms with Gasteiger partial charge in [-0.15, -0.1) is 0 Å². The topological polar surface area (TPSA) is 64.3 Å². The average molecular weight is 196 g/mol. The third-order valence-electron chi connectivity index (χ3n) is 2.24. The molecule has 0 aliphatic carbocycles. The normalized spacial score (nSPS) is 13.8. The van der Waals surface area contributed by atoms with E-state index >= 15 is 0 Å². The Morgan fingerprint density at radius 1 is 1.71 bits per heavy atom. The number of carboxylic acids is 1. The zero-order valence-electron chi connectivity index (χ0n) is 7.99. The number of ether oxygens (including phenoxy) is 1. The van der Waals surface area contributed by atoms with Crippen molar-refractivity contribution in [2.45, 2.75) is 26.3 Å². The molecular formula is C9H12N2O3. The summed E-state index contributed by atoms with van der Waals surface area (Å²) in [6.07, 6.45) is 1.60. The highest BCUT2D eigenvalue weighted by Gasteiger charge is 2.25. The largest absolute Gasteiger partial charge is 0.476 e. The summed E-state index contributed by atoms with van der Waals surface area (Å²) in [7, 11) is 0. The Kier molecular flexibility index (Phi) is 2.15. The second kappa shape index (κ2) is 3.32. The molecule has 0 aromatic carbocycles. The van der Waals surface area contributed by atoms with Gasteiger partial charge in [0.15, 0.2) is 5.69 Å². The number of carboxylic acid groups (broad SMARTS) is 1. The minimum atomic E-state index is -0.973. The third kappa shape index (κ3) is 1.25. The molecule has 0 saturated heterocycles. The Balaban J connectivity index is 2.45. The highest BCUT2D eigenvalue weighted by molar-refractivity contribution is 5.87. The van der Waals surface area contributed by atoms with Gasteiger partial charge in [-0.1, -0.05) is 13.3 Å². The molecule has 1 aromatic heterocycles. The fraction of sp³-hybridized carbons (Fsp3) is 0.556. The van der Waals surface area contributed by atoms with Crippen LogP contribution in [0.5, 0.6) is 5.88 Å². The lowest BCUT2D eigenvalue weighted by Crippen LogP contribution is -2.05. The van der Waals surface area contributed by atoms with E-state index in [1.165, 1.54) is 0 Å². The van der Waals surface area contributed by atoms with Crippen LogP contribution < -0.4 is 4.74 Å². The second-order valence-electron chi connectivity index (χ2n) is 3.26. The molecule has 0 saturated carbocycles. The van der Waals surface area contributed by atoms with E-state index < -0.39 is 5.97 Å². The smallest absolute Gasteiger partial charge is 0.356 e. The van der Waals surface area contributed by atoms with Crippen molar-refractivity contribution in [2.75, 3.05) is 6.61 Å². The molecule has 0 amide bonds. The van der Waals surface area contributed by atoms with Gasteiger partial charge in [-0.05, 0) is 6.42 Å². The van der Waals surface area contributed by atoms with Crippen LogP contribution >= 0.6 is 0 Å². The van der Waals surface area contributed by atoms with Gasteiger partial charge in [0, 0.05) is 5.56 Å². The highest BCUT2D eigenvalue weighted by atomic mass is 16.5. The van der Waals surface area contributed by atoms with E-state index in [1.54, 1.807) is 4.68 Å². The number of hydrogen-bond donors (Lipinski definition) is 1. The molecular weight excluding hydrogens is 184 g/mol. The summed E-state index contributed by atoms with van der Waals surface area (Å²) in [5, 5.41) is 12.9. The van der Waals surface area contributed by atoms with E-state index in [9.17, 15) is 4.79 Å². The molecule has 0 atom stereocenters. The van der Waals surface area contributed by atoms with Crippen LogP contribution in [0.15, 0.2) is 0 Å². The predicted molar refractivity (Wildman–Crippen MR) is 48.7 cm³/mol. The summed E-state index contributed by atoms with van der Waals surface area (Å²) in [6.45, 7) is 3.25. The van der Waals surface area contributed by atoms with E-state index in [4.69, 9.17) is 9.84 Å². The summed E-state index contributed by atoms with van der Waals surface area (Å²) in [4.78, 5) is 10.9. The lowest BCUT2D eigenvalue weighted by Gasteiger charge is -1.99. The number of aromatic carboxylic acids is 1. The van der Waals surface area contributed by atoms with Crippen molar-refractivity contribution < 1.29 is 14.6 Å². The van der Waals surface area contributed by atoms with Gasteiger partial charge in [0.1, 0.15) is 6.61 Å². The maximum atomic E-state index is 10.9. The fourth-order valence-electron chi connectivity index (χ4n) is 1.67. The van der Waals surface area contributed by atoms with Gasteiger partial charge < -0.3 is 9.84 Å². The van der Waals surface area contributed by atoms with E-state index in [2.05, 4.69) is 5.10 Å². The van der Waals surface area contributed by atoms with Gasteiger partial charge in [-0.3, -0.25) is 0 Å². The van der Waals surface area contributed by atoms with Crippen molar-refractivity contribution >= 4 is 5.97 Å². The summed E-state index contributed by atoms with van der Waals surface area (Å²) < 4.78 is 6.98. The van der Waals surface area contributed by atoms with Crippen LogP contribution in [0, 0.1) is 0 Å². The summed E-state index contributed by atoms with van der Waals surface area (Å²) in [6, 6.07) is 0. The molecule has 76 valence electrons. The van der Waals surface area contributed by atoms with Crippen molar-refractivity contribution in [1.29, 1.82) is 0 Å². The van der Waals surface area contributed by atoms with E-state index in [1.807, 2.05) is 6.92 Å². The standard InChI is InChI=1S/C9H12N2O3/c1-2-3-6-7(9(12)13)10-11-4-5-14-8(6)11/h2-5H2,1H3,(H,12,13). The number of nitrogens with zero attached hydrogens (tertiary/aromatic N) is 2. The van der Waals surface area contributed by atoms with Crippen LogP contribution in [-0.2, 0) is 13.0 Å². The van der Waals surface area contributed by atoms with Gasteiger partial charge in [0.05, 0.1) is 6.54 Å². The lowest BCUT2D eigenvalue weighted by atomic mass is 10.1. The minimum Gasteiger partial charge on any atom is -0.476 e. The average Bonchev–Trinajstić information content (AvgIpc) is 2.67. The Morgan fingerprint density at radius 2 is 2.50 bits per heavy atom. The molecule has 1 aliphatic rings. The molecule has 1 aromatic rings. The number of fused-ring (bicyclic) bond motifs is 1. The van der Waals surface area contributed by atoms with Crippen molar-refractivity contribution in [3.8, 4) is 5.88 Å². The molecule has 0 spiro atoms. The molecule has 5 nitrogen and oxygen atoms in total. The first-order valence-electron chi connectivity index (χ1n) is 4.69. The third-order valence-corrected chi connectivity index (χ3v) is 2.24. The number of rotatable bonds is 3. The molecule has 1 aliphatic heterocycles. The molecule has 0 fully saturated rings. The Hall–Kier alpha value is -1.52. The minimum absolute atomic E-state index is 0.140. The number of carbonyl (C=O) groups is 1. The van der Waals surface area contributed by atoms with Crippen LogP contribution in [0.4, 0.5) is 0 Å². The van der Waals surface area contributed by atoms with Gasteiger partial charge in [-0.2, -0.15) is 5.10 Å². The highest BCUT2D eigenvalue weighted by Crippen LogP contribution is 2.27. The SMILES string of the molecule is CCCc1c(C(=O)O)nn2c1OCC2. The van der Waals surface area contributed by atoms with Crippen molar-refractivity contribution in [1.82, 2.24) is 9.78 Å². The summed E-state index contributed by atoms with van der Waals surface area (Å²) in [5.74, 6) is -0.330. The van der Waals surface area contributed by atoms with Crippen molar-refractivity contribution in [2.24, 2.45) is 0 Å². The predicted octanol–water partition coefficient (Wildman–Crippen LogP) is 0.926. The van der Waals surface area contributed by atoms with Gasteiger partial charge in [0.2, 0.25) is 5.88 Å². The van der Waals surface area contributed by atoms with Crippen LogP contribution in [0.1, 0.15) is 29.4 Å². The molecule has 0 bridgehead atoms. The second-order valence-corrected chi connectivity index (χ2v) is 3.26. The number of aromatic nitrogens is 2. The van der Waals surface area contributed by atoms with Gasteiger partial charge in [0.25, 0.3) is 0 Å². The first-order chi connectivity index (χ1) is 6.74. The first-order valence-corrected chi connectivity index (χ1v) is 4.69. The summed E-state index contributed by atoms with van der Waals surface area (Å²) >= 11 is 0. The fourth-order valence-corrected chi connectivity index (χ4v) is 1.67. The van der Waals surface area contributed by atoms with E-state index in [0.29, 0.717) is 25.5 Å². The molecule has 0 unspecified atom stereocenters. The molecule has 0 radical (unpaired) electrons. The Morgan fingerprint density at radius 3 is 3.14 bits per heavy atom. The van der Waals surface area contributed by atoms with Crippen molar-refractivity contribution in [3.05, 3.63) is 11.3 Å². The zero-order valence-corrected chi connectivity index (χ0v) is 7.99. The molecule has 2 heterocycles. The van der Waals surface area contributed by atoms with Gasteiger partial charge in [-0.25, -0.2) is 9.48 Å². The van der Waals surface area contributed by atoms with E-state index in [-0.39, 0.29) is 5.69 Å². The van der Waals surface area contributed by atoms with Crippen molar-refractivity contribution in [3.63, 3.8) is 0 Å². The first kappa shape index (κ1) is 9.05. The maximum Gasteiger partial charge on any atom is 0.356 e. The van der Waals surface area contributed by atoms with Crippen LogP contribution in [0.25, 0.3) is 0 Å². The Labute approximate surface area is 81.3 Å². The lowest BCUT2D eigenvalue weighted by molar-refractivity contribution is 0.0688. The molecule has 2 rings (SSSR count). The molecule has 14 heavy (non-hydrogen) atoms.